The van der Waals surface area contributed by atoms with Crippen LogP contribution in [0.2, 0.25) is 0 Å². The Morgan fingerprint density at radius 1 is 1.43 bits per heavy atom. The van der Waals surface area contributed by atoms with Crippen molar-refractivity contribution in [2.24, 2.45) is 11.7 Å². The fourth-order valence-corrected chi connectivity index (χ4v) is 1.85. The quantitative estimate of drug-likeness (QED) is 0.553. The van der Waals surface area contributed by atoms with Gasteiger partial charge < -0.3 is 16.2 Å². The molecule has 5 heteroatoms. The van der Waals surface area contributed by atoms with Crippen molar-refractivity contribution in [3.8, 4) is 0 Å². The number of hydrogen-bond donors (Lipinski definition) is 3. The molecule has 0 spiro atoms. The number of amides is 2. The first-order valence-corrected chi connectivity index (χ1v) is 4.83. The highest BCUT2D eigenvalue weighted by molar-refractivity contribution is 5.78. The van der Waals surface area contributed by atoms with Crippen molar-refractivity contribution in [1.29, 1.82) is 0 Å². The van der Waals surface area contributed by atoms with E-state index in [9.17, 15) is 9.59 Å². The van der Waals surface area contributed by atoms with E-state index in [-0.39, 0.29) is 23.8 Å². The van der Waals surface area contributed by atoms with Crippen molar-refractivity contribution in [1.82, 2.24) is 5.32 Å². The van der Waals surface area contributed by atoms with Crippen molar-refractivity contribution < 1.29 is 14.7 Å². The Hall–Kier alpha value is -1.10. The Morgan fingerprint density at radius 2 is 2.14 bits per heavy atom. The number of aliphatic hydroxyl groups excluding tert-OH is 1. The first-order valence-electron chi connectivity index (χ1n) is 4.83. The maximum absolute atomic E-state index is 10.9. The summed E-state index contributed by atoms with van der Waals surface area (Å²) < 4.78 is 0. The molecule has 1 fully saturated rings. The SMILES string of the molecule is NC(=O)C1CCCC(NC(=O)CO)C1. The maximum atomic E-state index is 10.9. The van der Waals surface area contributed by atoms with Crippen molar-refractivity contribution in [3.05, 3.63) is 0 Å². The molecule has 2 unspecified atom stereocenters. The van der Waals surface area contributed by atoms with E-state index in [0.717, 1.165) is 19.3 Å². The van der Waals surface area contributed by atoms with Gasteiger partial charge in [0.25, 0.3) is 0 Å². The molecule has 1 rings (SSSR count). The maximum Gasteiger partial charge on any atom is 0.245 e. The van der Waals surface area contributed by atoms with Crippen molar-refractivity contribution in [2.45, 2.75) is 31.7 Å². The molecular formula is C9H16N2O3. The minimum Gasteiger partial charge on any atom is -0.387 e. The number of carbonyl (C=O) groups is 2. The van der Waals surface area contributed by atoms with Crippen LogP contribution in [0.4, 0.5) is 0 Å². The number of nitrogens with one attached hydrogen (secondary N) is 1. The minimum atomic E-state index is -0.502. The lowest BCUT2D eigenvalue weighted by molar-refractivity contribution is -0.127. The lowest BCUT2D eigenvalue weighted by atomic mass is 9.85. The van der Waals surface area contributed by atoms with Crippen molar-refractivity contribution in [3.63, 3.8) is 0 Å². The van der Waals surface area contributed by atoms with E-state index in [2.05, 4.69) is 5.32 Å². The number of rotatable bonds is 3. The van der Waals surface area contributed by atoms with Gasteiger partial charge in [0, 0.05) is 12.0 Å². The van der Waals surface area contributed by atoms with Crippen LogP contribution in [0.15, 0.2) is 0 Å². The zero-order valence-corrected chi connectivity index (χ0v) is 8.03. The van der Waals surface area contributed by atoms with Crippen LogP contribution in [0.5, 0.6) is 0 Å². The molecule has 0 radical (unpaired) electrons. The predicted molar refractivity (Wildman–Crippen MR) is 50.2 cm³/mol. The Morgan fingerprint density at radius 3 is 2.71 bits per heavy atom. The van der Waals surface area contributed by atoms with Crippen LogP contribution < -0.4 is 11.1 Å². The Labute approximate surface area is 82.7 Å². The summed E-state index contributed by atoms with van der Waals surface area (Å²) in [7, 11) is 0. The Kier molecular flexibility index (Phi) is 3.88. The lowest BCUT2D eigenvalue weighted by Gasteiger charge is -2.27. The summed E-state index contributed by atoms with van der Waals surface area (Å²) in [4.78, 5) is 21.8. The molecule has 0 bridgehead atoms. The fraction of sp³-hybridized carbons (Fsp3) is 0.778. The molecule has 0 heterocycles. The minimum absolute atomic E-state index is 0.0131. The molecule has 80 valence electrons. The van der Waals surface area contributed by atoms with E-state index in [1.807, 2.05) is 0 Å². The van der Waals surface area contributed by atoms with Gasteiger partial charge in [-0.2, -0.15) is 0 Å². The molecule has 0 aromatic rings. The zero-order chi connectivity index (χ0) is 10.6. The average molecular weight is 200 g/mol. The monoisotopic (exact) mass is 200 g/mol. The van der Waals surface area contributed by atoms with Gasteiger partial charge in [0.05, 0.1) is 0 Å². The zero-order valence-electron chi connectivity index (χ0n) is 8.03. The van der Waals surface area contributed by atoms with E-state index in [4.69, 9.17) is 10.8 Å². The molecule has 5 nitrogen and oxygen atoms in total. The second kappa shape index (κ2) is 4.95. The van der Waals surface area contributed by atoms with Gasteiger partial charge in [-0.3, -0.25) is 9.59 Å². The van der Waals surface area contributed by atoms with E-state index in [1.165, 1.54) is 0 Å². The third kappa shape index (κ3) is 2.99. The highest BCUT2D eigenvalue weighted by Crippen LogP contribution is 2.23. The second-order valence-electron chi connectivity index (χ2n) is 3.69. The van der Waals surface area contributed by atoms with E-state index in [1.54, 1.807) is 0 Å². The van der Waals surface area contributed by atoms with Crippen LogP contribution in [0.3, 0.4) is 0 Å². The molecule has 14 heavy (non-hydrogen) atoms. The van der Waals surface area contributed by atoms with E-state index < -0.39 is 6.61 Å². The highest BCUT2D eigenvalue weighted by atomic mass is 16.3. The number of carbonyl (C=O) groups excluding carboxylic acids is 2. The molecule has 2 atom stereocenters. The smallest absolute Gasteiger partial charge is 0.245 e. The van der Waals surface area contributed by atoms with Crippen LogP contribution >= 0.6 is 0 Å². The largest absolute Gasteiger partial charge is 0.387 e. The summed E-state index contributed by atoms with van der Waals surface area (Å²) in [6.07, 6.45) is 3.15. The summed E-state index contributed by atoms with van der Waals surface area (Å²) in [6.45, 7) is -0.502. The summed E-state index contributed by atoms with van der Waals surface area (Å²) >= 11 is 0. The summed E-state index contributed by atoms with van der Waals surface area (Å²) in [5.41, 5.74) is 5.19. The molecule has 0 aromatic heterocycles. The van der Waals surface area contributed by atoms with Crippen LogP contribution in [-0.2, 0) is 9.59 Å². The Balaban J connectivity index is 2.40. The Bertz CT molecular complexity index is 230. The van der Waals surface area contributed by atoms with Crippen LogP contribution in [0, 0.1) is 5.92 Å². The predicted octanol–water partition coefficient (Wildman–Crippen LogP) is -0.861. The molecule has 0 aromatic carbocycles. The first-order chi connectivity index (χ1) is 6.63. The third-order valence-corrected chi connectivity index (χ3v) is 2.59. The van der Waals surface area contributed by atoms with Crippen molar-refractivity contribution in [2.75, 3.05) is 6.61 Å². The van der Waals surface area contributed by atoms with Gasteiger partial charge in [-0.15, -0.1) is 0 Å². The number of aliphatic hydroxyl groups is 1. The van der Waals surface area contributed by atoms with Gasteiger partial charge in [0.1, 0.15) is 6.61 Å². The van der Waals surface area contributed by atoms with Gasteiger partial charge in [-0.1, -0.05) is 6.42 Å². The summed E-state index contributed by atoms with van der Waals surface area (Å²) in [5, 5.41) is 11.2. The van der Waals surface area contributed by atoms with Crippen LogP contribution in [0.25, 0.3) is 0 Å². The number of nitrogens with two attached hydrogens (primary N) is 1. The summed E-state index contributed by atoms with van der Waals surface area (Å²) in [6, 6.07) is -0.0131. The van der Waals surface area contributed by atoms with Gasteiger partial charge in [0.15, 0.2) is 0 Å². The fourth-order valence-electron chi connectivity index (χ4n) is 1.85. The number of primary amides is 1. The van der Waals surface area contributed by atoms with Gasteiger partial charge >= 0.3 is 0 Å². The third-order valence-electron chi connectivity index (χ3n) is 2.59. The molecule has 1 saturated carbocycles. The highest BCUT2D eigenvalue weighted by Gasteiger charge is 2.26. The normalized spacial score (nSPS) is 26.9. The topological polar surface area (TPSA) is 92.4 Å². The van der Waals surface area contributed by atoms with Crippen LogP contribution in [0.1, 0.15) is 25.7 Å². The van der Waals surface area contributed by atoms with Crippen LogP contribution in [-0.4, -0.2) is 29.6 Å². The first kappa shape index (κ1) is 11.0. The molecule has 0 aliphatic heterocycles. The molecular weight excluding hydrogens is 184 g/mol. The molecule has 1 aliphatic carbocycles. The molecule has 2 amide bonds. The lowest BCUT2D eigenvalue weighted by Crippen LogP contribution is -2.42. The molecule has 1 aliphatic rings. The van der Waals surface area contributed by atoms with Gasteiger partial charge in [0.2, 0.25) is 11.8 Å². The molecule has 0 saturated heterocycles. The standard InChI is InChI=1S/C9H16N2O3/c10-9(14)6-2-1-3-7(4-6)11-8(13)5-12/h6-7,12H,1-5H2,(H2,10,14)(H,11,13). The summed E-state index contributed by atoms with van der Waals surface area (Å²) in [5.74, 6) is -0.819. The van der Waals surface area contributed by atoms with Gasteiger partial charge in [-0.05, 0) is 19.3 Å². The van der Waals surface area contributed by atoms with E-state index >= 15 is 0 Å². The average Bonchev–Trinajstić information content (AvgIpc) is 2.18. The van der Waals surface area contributed by atoms with Crippen molar-refractivity contribution >= 4 is 11.8 Å². The molecule has 4 N–H and O–H groups in total. The van der Waals surface area contributed by atoms with Gasteiger partial charge in [-0.25, -0.2) is 0 Å². The second-order valence-corrected chi connectivity index (χ2v) is 3.69. The van der Waals surface area contributed by atoms with E-state index in [0.29, 0.717) is 6.42 Å². The number of hydrogen-bond acceptors (Lipinski definition) is 3.